The van der Waals surface area contributed by atoms with E-state index in [1.54, 1.807) is 18.2 Å². The third-order valence-electron chi connectivity index (χ3n) is 3.49. The average molecular weight is 364 g/mol. The van der Waals surface area contributed by atoms with Gasteiger partial charge in [-0.05, 0) is 62.2 Å². The van der Waals surface area contributed by atoms with E-state index in [9.17, 15) is 0 Å². The second kappa shape index (κ2) is 9.18. The molecule has 2 rings (SSSR count). The summed E-state index contributed by atoms with van der Waals surface area (Å²) in [6.07, 6.45) is 1.33. The maximum Gasteiger partial charge on any atom is 0.161 e. The van der Waals surface area contributed by atoms with Gasteiger partial charge in [-0.2, -0.15) is 0 Å². The van der Waals surface area contributed by atoms with Gasteiger partial charge in [0.2, 0.25) is 0 Å². The molecule has 0 amide bonds. The first-order valence-electron chi connectivity index (χ1n) is 8.01. The molecule has 2 aromatic carbocycles. The van der Waals surface area contributed by atoms with E-state index in [1.165, 1.54) is 6.21 Å². The Morgan fingerprint density at radius 2 is 1.68 bits per heavy atom. The molecule has 0 aliphatic heterocycles. The molecule has 0 spiro atoms. The van der Waals surface area contributed by atoms with Crippen LogP contribution in [-0.2, 0) is 0 Å². The van der Waals surface area contributed by atoms with Crippen LogP contribution in [0.3, 0.4) is 0 Å². The highest BCUT2D eigenvalue weighted by Crippen LogP contribution is 2.28. The summed E-state index contributed by atoms with van der Waals surface area (Å²) in [5.74, 6) is 1.98. The van der Waals surface area contributed by atoms with Gasteiger partial charge in [0.25, 0.3) is 0 Å². The van der Waals surface area contributed by atoms with Crippen LogP contribution in [-0.4, -0.2) is 31.2 Å². The predicted molar refractivity (Wildman–Crippen MR) is 98.9 cm³/mol. The molecule has 0 saturated carbocycles. The molecular formula is C19H22ClNO4. The highest BCUT2D eigenvalue weighted by Gasteiger charge is 2.07. The van der Waals surface area contributed by atoms with Crippen LogP contribution in [0.4, 0.5) is 0 Å². The Kier molecular flexibility index (Phi) is 6.95. The van der Waals surface area contributed by atoms with Gasteiger partial charge in [0.05, 0.1) is 12.8 Å². The Morgan fingerprint density at radius 3 is 2.32 bits per heavy atom. The molecule has 0 unspecified atom stereocenters. The quantitative estimate of drug-likeness (QED) is 0.322. The lowest BCUT2D eigenvalue weighted by molar-refractivity contribution is 0.208. The van der Waals surface area contributed by atoms with Crippen molar-refractivity contribution in [2.45, 2.75) is 20.8 Å². The maximum atomic E-state index is 8.62. The Morgan fingerprint density at radius 1 is 1.00 bits per heavy atom. The normalized spacial score (nSPS) is 10.9. The first-order valence-corrected chi connectivity index (χ1v) is 8.39. The lowest BCUT2D eigenvalue weighted by atomic mass is 10.1. The fourth-order valence-corrected chi connectivity index (χ4v) is 2.47. The molecule has 6 heteroatoms. The van der Waals surface area contributed by atoms with Gasteiger partial charge in [0.1, 0.15) is 19.0 Å². The zero-order chi connectivity index (χ0) is 18.2. The summed E-state index contributed by atoms with van der Waals surface area (Å²) in [6.45, 7) is 7.07. The van der Waals surface area contributed by atoms with Gasteiger partial charge >= 0.3 is 0 Å². The second-order valence-corrected chi connectivity index (χ2v) is 5.83. The Bertz CT molecular complexity index is 723. The first-order chi connectivity index (χ1) is 12.0. The lowest BCUT2D eigenvalue weighted by Crippen LogP contribution is -2.10. The van der Waals surface area contributed by atoms with E-state index in [2.05, 4.69) is 5.16 Å². The van der Waals surface area contributed by atoms with Crippen molar-refractivity contribution in [2.24, 2.45) is 5.16 Å². The number of nitrogens with zero attached hydrogens (tertiary/aromatic N) is 1. The standard InChI is InChI=1S/C19H22ClNO4/c1-4-23-18-11-15(12-21-22)5-6-17(18)25-8-7-24-16-9-13(2)19(20)14(3)10-16/h5-6,9-12,22H,4,7-8H2,1-3H3. The summed E-state index contributed by atoms with van der Waals surface area (Å²) in [4.78, 5) is 0. The summed E-state index contributed by atoms with van der Waals surface area (Å²) >= 11 is 6.15. The number of benzene rings is 2. The van der Waals surface area contributed by atoms with Crippen molar-refractivity contribution in [3.63, 3.8) is 0 Å². The number of rotatable bonds is 8. The average Bonchev–Trinajstić information content (AvgIpc) is 2.58. The van der Waals surface area contributed by atoms with E-state index in [0.717, 1.165) is 27.5 Å². The molecule has 0 atom stereocenters. The van der Waals surface area contributed by atoms with Crippen molar-refractivity contribution in [1.82, 2.24) is 0 Å². The fraction of sp³-hybridized carbons (Fsp3) is 0.316. The van der Waals surface area contributed by atoms with Crippen LogP contribution in [0, 0.1) is 13.8 Å². The molecule has 2 aromatic rings. The maximum absolute atomic E-state index is 8.62. The summed E-state index contributed by atoms with van der Waals surface area (Å²) in [7, 11) is 0. The number of oxime groups is 1. The third-order valence-corrected chi connectivity index (χ3v) is 4.09. The molecule has 0 fully saturated rings. The molecule has 0 aromatic heterocycles. The highest BCUT2D eigenvalue weighted by molar-refractivity contribution is 6.32. The van der Waals surface area contributed by atoms with Gasteiger partial charge in [0.15, 0.2) is 11.5 Å². The van der Waals surface area contributed by atoms with E-state index >= 15 is 0 Å². The van der Waals surface area contributed by atoms with Crippen molar-refractivity contribution < 1.29 is 19.4 Å². The van der Waals surface area contributed by atoms with Crippen molar-refractivity contribution >= 4 is 17.8 Å². The number of ether oxygens (including phenoxy) is 3. The second-order valence-electron chi connectivity index (χ2n) is 5.45. The van der Waals surface area contributed by atoms with Crippen LogP contribution in [0.15, 0.2) is 35.5 Å². The van der Waals surface area contributed by atoms with Gasteiger partial charge in [-0.15, -0.1) is 0 Å². The predicted octanol–water partition coefficient (Wildman–Crippen LogP) is 4.62. The first kappa shape index (κ1) is 18.9. The molecule has 0 heterocycles. The largest absolute Gasteiger partial charge is 0.490 e. The molecule has 1 N–H and O–H groups in total. The smallest absolute Gasteiger partial charge is 0.161 e. The summed E-state index contributed by atoms with van der Waals surface area (Å²) < 4.78 is 17.0. The van der Waals surface area contributed by atoms with E-state index in [0.29, 0.717) is 31.3 Å². The van der Waals surface area contributed by atoms with Crippen LogP contribution in [0.2, 0.25) is 5.02 Å². The zero-order valence-electron chi connectivity index (χ0n) is 14.6. The summed E-state index contributed by atoms with van der Waals surface area (Å²) in [5.41, 5.74) is 2.69. The monoisotopic (exact) mass is 363 g/mol. The molecule has 0 saturated heterocycles. The molecule has 0 bridgehead atoms. The highest BCUT2D eigenvalue weighted by atomic mass is 35.5. The Balaban J connectivity index is 1.95. The number of hydrogen-bond donors (Lipinski definition) is 1. The zero-order valence-corrected chi connectivity index (χ0v) is 15.3. The van der Waals surface area contributed by atoms with Gasteiger partial charge in [0, 0.05) is 10.6 Å². The molecule has 0 radical (unpaired) electrons. The number of aryl methyl sites for hydroxylation is 2. The molecule has 0 aliphatic rings. The Labute approximate surface area is 152 Å². The van der Waals surface area contributed by atoms with Gasteiger partial charge in [-0.3, -0.25) is 0 Å². The van der Waals surface area contributed by atoms with Crippen LogP contribution in [0.25, 0.3) is 0 Å². The minimum Gasteiger partial charge on any atom is -0.490 e. The van der Waals surface area contributed by atoms with E-state index in [1.807, 2.05) is 32.9 Å². The van der Waals surface area contributed by atoms with E-state index < -0.39 is 0 Å². The SMILES string of the molecule is CCOc1cc(C=NO)ccc1OCCOc1cc(C)c(Cl)c(C)c1. The van der Waals surface area contributed by atoms with Crippen molar-refractivity contribution in [3.8, 4) is 17.2 Å². The summed E-state index contributed by atoms with van der Waals surface area (Å²) in [5, 5.41) is 12.4. The van der Waals surface area contributed by atoms with Crippen LogP contribution >= 0.6 is 11.6 Å². The van der Waals surface area contributed by atoms with Gasteiger partial charge in [-0.25, -0.2) is 0 Å². The van der Waals surface area contributed by atoms with Crippen LogP contribution in [0.5, 0.6) is 17.2 Å². The minimum absolute atomic E-state index is 0.369. The number of halogens is 1. The minimum atomic E-state index is 0.369. The lowest BCUT2D eigenvalue weighted by Gasteiger charge is -2.14. The van der Waals surface area contributed by atoms with Gasteiger partial charge in [-0.1, -0.05) is 16.8 Å². The molecular weight excluding hydrogens is 342 g/mol. The van der Waals surface area contributed by atoms with Crippen molar-refractivity contribution in [3.05, 3.63) is 52.0 Å². The third kappa shape index (κ3) is 5.29. The van der Waals surface area contributed by atoms with Crippen molar-refractivity contribution in [2.75, 3.05) is 19.8 Å². The number of hydrogen-bond acceptors (Lipinski definition) is 5. The fourth-order valence-electron chi connectivity index (χ4n) is 2.36. The molecule has 0 aliphatic carbocycles. The topological polar surface area (TPSA) is 60.3 Å². The molecule has 5 nitrogen and oxygen atoms in total. The van der Waals surface area contributed by atoms with E-state index in [-0.39, 0.29) is 0 Å². The molecule has 25 heavy (non-hydrogen) atoms. The summed E-state index contributed by atoms with van der Waals surface area (Å²) in [6, 6.07) is 9.13. The van der Waals surface area contributed by atoms with Gasteiger partial charge < -0.3 is 19.4 Å². The van der Waals surface area contributed by atoms with E-state index in [4.69, 9.17) is 31.0 Å². The van der Waals surface area contributed by atoms with Crippen molar-refractivity contribution in [1.29, 1.82) is 0 Å². The Hall–Kier alpha value is -2.40. The van der Waals surface area contributed by atoms with Crippen LogP contribution in [0.1, 0.15) is 23.6 Å². The molecule has 134 valence electrons. The van der Waals surface area contributed by atoms with Crippen LogP contribution < -0.4 is 14.2 Å².